The Balaban J connectivity index is 0.000000246. The summed E-state index contributed by atoms with van der Waals surface area (Å²) in [5.74, 6) is -1.82. The van der Waals surface area contributed by atoms with E-state index in [0.717, 1.165) is 82.0 Å². The van der Waals surface area contributed by atoms with Crippen molar-refractivity contribution in [1.29, 1.82) is 0 Å². The monoisotopic (exact) mass is 1050 g/mol. The van der Waals surface area contributed by atoms with Crippen molar-refractivity contribution in [3.8, 4) is 11.5 Å². The molecule has 0 spiro atoms. The number of ketones is 1. The highest BCUT2D eigenvalue weighted by atomic mass is 32.2. The third-order valence-corrected chi connectivity index (χ3v) is 15.7. The number of aliphatic carboxylic acids is 4. The Morgan fingerprint density at radius 2 is 1.30 bits per heavy atom. The molecule has 8 rings (SSSR count). The van der Waals surface area contributed by atoms with Gasteiger partial charge in [-0.1, -0.05) is 55.7 Å². The number of carbonyl (C=O) groups is 5. The van der Waals surface area contributed by atoms with Crippen LogP contribution in [0.5, 0.6) is 11.5 Å². The fourth-order valence-corrected chi connectivity index (χ4v) is 11.5. The summed E-state index contributed by atoms with van der Waals surface area (Å²) in [5, 5.41) is 31.2. The number of benzene rings is 3. The first-order valence-electron chi connectivity index (χ1n) is 25.3. The largest absolute Gasteiger partial charge is 0.493 e. The number of sulfonamides is 1. The summed E-state index contributed by atoms with van der Waals surface area (Å²) in [6.45, 7) is 8.07. The minimum atomic E-state index is -3.43. The maximum absolute atomic E-state index is 12.9. The molecule has 74 heavy (non-hydrogen) atoms. The van der Waals surface area contributed by atoms with Crippen molar-refractivity contribution in [3.63, 3.8) is 0 Å². The maximum atomic E-state index is 12.9. The van der Waals surface area contributed by atoms with Gasteiger partial charge in [0.25, 0.3) is 0 Å². The van der Waals surface area contributed by atoms with Crippen molar-refractivity contribution in [2.24, 2.45) is 17.8 Å². The van der Waals surface area contributed by atoms with Crippen LogP contribution in [-0.2, 0) is 55.1 Å². The van der Waals surface area contributed by atoms with Crippen LogP contribution >= 0.6 is 0 Å². The van der Waals surface area contributed by atoms with Crippen LogP contribution in [-0.4, -0.2) is 145 Å². The number of carbonyl (C=O) groups excluding carboxylic acids is 1. The van der Waals surface area contributed by atoms with Gasteiger partial charge in [0.2, 0.25) is 10.0 Å². The van der Waals surface area contributed by atoms with E-state index in [2.05, 4.69) is 56.8 Å². The Kier molecular flexibility index (Phi) is 24.9. The number of ether oxygens (including phenoxy) is 2. The van der Waals surface area contributed by atoms with Crippen LogP contribution in [0.3, 0.4) is 0 Å². The molecule has 3 aromatic rings. The second-order valence-corrected chi connectivity index (χ2v) is 21.2. The maximum Gasteiger partial charge on any atom is 0.328 e. The highest BCUT2D eigenvalue weighted by Gasteiger charge is 2.35. The molecule has 0 bridgehead atoms. The lowest BCUT2D eigenvalue weighted by atomic mass is 9.85. The standard InChI is InChI=1S/C24H29NO3.C23H37N3O2S.2C4H4O4.H2O/c1-27-22-14-19-13-20(24(26)21(19)15-23(22)28-2)12-17-8-10-25(11-9-17)16-18-6-4-3-5-7-18;1-25-14-5-8-22(25)11-13-24-29(27,28)23-10-9-20-12-15-26(18-21(20)16-23)17-19-6-3-2-4-7-19;2*5-3(6)1-2-4(7)8;/h3-7,14-15,17,20H,8-13,16H2,1-2H3;9-10,16,19,22,24H,2-8,11-15,17-18H2,1H3;2*1-2H,(H,5,6)(H,7,8);1H2/b;;2*2-1+;/t;22-;;;/m.0.../s1. The quantitative estimate of drug-likeness (QED) is 0.0922. The van der Waals surface area contributed by atoms with Gasteiger partial charge < -0.3 is 40.3 Å². The van der Waals surface area contributed by atoms with Gasteiger partial charge in [0.15, 0.2) is 17.3 Å². The molecule has 3 fully saturated rings. The topological polar surface area (TPSA) is 272 Å². The summed E-state index contributed by atoms with van der Waals surface area (Å²) in [5.41, 5.74) is 5.82. The molecule has 19 heteroatoms. The van der Waals surface area contributed by atoms with Gasteiger partial charge in [0, 0.05) is 74.6 Å². The predicted molar refractivity (Wildman–Crippen MR) is 280 cm³/mol. The van der Waals surface area contributed by atoms with Crippen molar-refractivity contribution < 1.29 is 67.8 Å². The fourth-order valence-electron chi connectivity index (χ4n) is 10.4. The van der Waals surface area contributed by atoms with E-state index in [-0.39, 0.29) is 17.2 Å². The predicted octanol–water partition coefficient (Wildman–Crippen LogP) is 6.35. The summed E-state index contributed by atoms with van der Waals surface area (Å²) in [6.07, 6.45) is 17.6. The second kappa shape index (κ2) is 30.4. The molecule has 0 aromatic heterocycles. The van der Waals surface area contributed by atoms with E-state index in [1.54, 1.807) is 20.3 Å². The van der Waals surface area contributed by atoms with E-state index in [1.807, 2.05) is 24.3 Å². The molecular formula is C55H76N4O14S. The number of piperidine rings is 1. The Labute approximate surface area is 435 Å². The molecule has 1 saturated carbocycles. The van der Waals surface area contributed by atoms with E-state index in [0.29, 0.717) is 59.2 Å². The number of fused-ring (bicyclic) bond motifs is 2. The SMILES string of the molecule is CN1CCC[C@H]1CCNS(=O)(=O)c1ccc2c(c1)CN(CC1CCCCC1)CC2.COc1cc2c(cc1OC)C(=O)C(CC1CCN(Cc3ccccc3)CC1)C2.O.O=C(O)/C=C/C(=O)O.O=C(O)/C=C/C(=O)O. The zero-order chi connectivity index (χ0) is 52.9. The van der Waals surface area contributed by atoms with E-state index in [9.17, 15) is 32.4 Å². The van der Waals surface area contributed by atoms with Crippen LogP contribution in [0.4, 0.5) is 0 Å². The summed E-state index contributed by atoms with van der Waals surface area (Å²) in [6, 6.07) is 20.8. The number of nitrogens with zero attached hydrogens (tertiary/aromatic N) is 3. The smallest absolute Gasteiger partial charge is 0.328 e. The molecule has 0 radical (unpaired) electrons. The Morgan fingerprint density at radius 1 is 0.689 bits per heavy atom. The first kappa shape index (κ1) is 60.6. The Hall–Kier alpha value is -5.96. The number of hydrogen-bond acceptors (Lipinski definition) is 12. The summed E-state index contributed by atoms with van der Waals surface area (Å²) in [7, 11) is 1.96. The van der Waals surface area contributed by atoms with Crippen molar-refractivity contribution in [2.45, 2.75) is 107 Å². The van der Waals surface area contributed by atoms with Crippen molar-refractivity contribution >= 4 is 39.7 Å². The van der Waals surface area contributed by atoms with Crippen molar-refractivity contribution in [2.75, 3.05) is 60.5 Å². The number of carboxylic acids is 4. The third-order valence-electron chi connectivity index (χ3n) is 14.3. The minimum Gasteiger partial charge on any atom is -0.493 e. The highest BCUT2D eigenvalue weighted by molar-refractivity contribution is 7.89. The normalized spacial score (nSPS) is 19.4. The number of nitrogens with one attached hydrogen (secondary N) is 1. The van der Waals surface area contributed by atoms with Gasteiger partial charge in [-0.2, -0.15) is 0 Å². The van der Waals surface area contributed by atoms with Gasteiger partial charge >= 0.3 is 23.9 Å². The lowest BCUT2D eigenvalue weighted by Crippen LogP contribution is -2.35. The average molecular weight is 1050 g/mol. The Bertz CT molecular complexity index is 2420. The molecule has 406 valence electrons. The fraction of sp³-hybridized carbons (Fsp3) is 0.509. The second-order valence-electron chi connectivity index (χ2n) is 19.5. The Morgan fingerprint density at radius 3 is 1.86 bits per heavy atom. The number of rotatable bonds is 17. The van der Waals surface area contributed by atoms with Crippen molar-refractivity contribution in [1.82, 2.24) is 19.4 Å². The van der Waals surface area contributed by atoms with Crippen LogP contribution in [0.25, 0.3) is 0 Å². The first-order chi connectivity index (χ1) is 34.9. The summed E-state index contributed by atoms with van der Waals surface area (Å²) in [4.78, 5) is 59.0. The zero-order valence-electron chi connectivity index (χ0n) is 43.0. The molecule has 0 amide bonds. The molecule has 2 atom stereocenters. The summed E-state index contributed by atoms with van der Waals surface area (Å²) < 4.78 is 39.3. The molecule has 3 aromatic carbocycles. The molecule has 1 unspecified atom stereocenters. The molecule has 3 heterocycles. The number of methoxy groups -OCH3 is 2. The van der Waals surface area contributed by atoms with Gasteiger partial charge in [-0.25, -0.2) is 32.3 Å². The van der Waals surface area contributed by atoms with E-state index < -0.39 is 33.9 Å². The molecule has 5 aliphatic rings. The van der Waals surface area contributed by atoms with E-state index >= 15 is 0 Å². The van der Waals surface area contributed by atoms with Crippen LogP contribution < -0.4 is 14.2 Å². The van der Waals surface area contributed by atoms with Crippen LogP contribution in [0.15, 0.2) is 89.9 Å². The highest BCUT2D eigenvalue weighted by Crippen LogP contribution is 2.40. The number of carboxylic acid groups (broad SMARTS) is 4. The number of hydrogen-bond donors (Lipinski definition) is 5. The minimum absolute atomic E-state index is 0. The van der Waals surface area contributed by atoms with E-state index in [4.69, 9.17) is 29.9 Å². The van der Waals surface area contributed by atoms with Crippen LogP contribution in [0.2, 0.25) is 0 Å². The number of Topliss-reactive ketones (excluding diaryl/α,β-unsaturated/α-hetero) is 1. The van der Waals surface area contributed by atoms with Gasteiger partial charge in [0.05, 0.1) is 19.1 Å². The van der Waals surface area contributed by atoms with Gasteiger partial charge in [-0.05, 0) is 149 Å². The number of likely N-dealkylation sites (tertiary alicyclic amines) is 2. The molecule has 18 nitrogen and oxygen atoms in total. The molecular weight excluding hydrogens is 973 g/mol. The molecule has 2 saturated heterocycles. The lowest BCUT2D eigenvalue weighted by Gasteiger charge is -2.33. The van der Waals surface area contributed by atoms with Gasteiger partial charge in [-0.15, -0.1) is 0 Å². The van der Waals surface area contributed by atoms with E-state index in [1.165, 1.54) is 81.0 Å². The van der Waals surface area contributed by atoms with Crippen LogP contribution in [0, 0.1) is 17.8 Å². The molecule has 7 N–H and O–H groups in total. The van der Waals surface area contributed by atoms with Crippen molar-refractivity contribution in [3.05, 3.63) is 113 Å². The van der Waals surface area contributed by atoms with Crippen LogP contribution in [0.1, 0.15) is 103 Å². The first-order valence-corrected chi connectivity index (χ1v) is 26.8. The van der Waals surface area contributed by atoms with Gasteiger partial charge in [-0.3, -0.25) is 14.6 Å². The third kappa shape index (κ3) is 19.7. The average Bonchev–Trinajstić information content (AvgIpc) is 3.93. The molecule has 2 aliphatic carbocycles. The zero-order valence-corrected chi connectivity index (χ0v) is 43.8. The summed E-state index contributed by atoms with van der Waals surface area (Å²) >= 11 is 0. The lowest BCUT2D eigenvalue weighted by molar-refractivity contribution is -0.134. The van der Waals surface area contributed by atoms with Gasteiger partial charge in [0.1, 0.15) is 0 Å². The molecule has 3 aliphatic heterocycles.